The molecule has 0 unspecified atom stereocenters. The minimum atomic E-state index is 0.596. The van der Waals surface area contributed by atoms with Crippen molar-refractivity contribution < 1.29 is 4.74 Å². The molecule has 3 rings (SSSR count). The summed E-state index contributed by atoms with van der Waals surface area (Å²) < 4.78 is 5.11. The van der Waals surface area contributed by atoms with Crippen LogP contribution in [0.2, 0.25) is 0 Å². The lowest BCUT2D eigenvalue weighted by Gasteiger charge is -2.02. The minimum Gasteiger partial charge on any atom is -0.497 e. The van der Waals surface area contributed by atoms with E-state index in [-0.39, 0.29) is 0 Å². The topological polar surface area (TPSA) is 60.8 Å². The predicted molar refractivity (Wildman–Crippen MR) is 67.1 cm³/mol. The van der Waals surface area contributed by atoms with Crippen LogP contribution in [-0.2, 0) is 0 Å². The van der Waals surface area contributed by atoms with Crippen LogP contribution in [-0.4, -0.2) is 27.0 Å². The molecule has 0 saturated heterocycles. The van der Waals surface area contributed by atoms with Crippen LogP contribution < -0.4 is 4.74 Å². The van der Waals surface area contributed by atoms with Crippen molar-refractivity contribution in [3.8, 4) is 17.1 Å². The molecule has 0 aliphatic carbocycles. The third-order valence-electron chi connectivity index (χ3n) is 2.58. The van der Waals surface area contributed by atoms with E-state index in [0.717, 1.165) is 11.3 Å². The summed E-state index contributed by atoms with van der Waals surface area (Å²) in [6.45, 7) is 0. The molecule has 2 aromatic heterocycles. The molecule has 0 aliphatic rings. The van der Waals surface area contributed by atoms with Crippen LogP contribution in [0.25, 0.3) is 22.6 Å². The summed E-state index contributed by atoms with van der Waals surface area (Å²) in [4.78, 5) is 17.0. The van der Waals surface area contributed by atoms with Crippen LogP contribution in [0.15, 0.2) is 42.9 Å². The van der Waals surface area contributed by atoms with Gasteiger partial charge in [0.2, 0.25) is 0 Å². The normalized spacial score (nSPS) is 10.5. The molecule has 0 bridgehead atoms. The zero-order valence-electron chi connectivity index (χ0n) is 9.74. The molecular formula is C13H10N4O. The lowest BCUT2D eigenvalue weighted by Crippen LogP contribution is -1.93. The van der Waals surface area contributed by atoms with E-state index in [9.17, 15) is 0 Å². The fourth-order valence-corrected chi connectivity index (χ4v) is 1.65. The molecule has 0 amide bonds. The number of ether oxygens (including phenoxy) is 1. The molecule has 0 atom stereocenters. The van der Waals surface area contributed by atoms with E-state index in [4.69, 9.17) is 4.74 Å². The Labute approximate surface area is 104 Å². The van der Waals surface area contributed by atoms with Crippen LogP contribution in [0, 0.1) is 0 Å². The molecule has 3 aromatic rings. The second-order valence-electron chi connectivity index (χ2n) is 3.69. The summed E-state index contributed by atoms with van der Waals surface area (Å²) in [5, 5.41) is 0. The Morgan fingerprint density at radius 3 is 2.50 bits per heavy atom. The highest BCUT2D eigenvalue weighted by atomic mass is 16.5. The first-order valence-electron chi connectivity index (χ1n) is 5.45. The first-order valence-corrected chi connectivity index (χ1v) is 5.45. The van der Waals surface area contributed by atoms with Crippen LogP contribution >= 0.6 is 0 Å². The summed E-state index contributed by atoms with van der Waals surface area (Å²) in [6.07, 6.45) is 4.92. The molecule has 5 heteroatoms. The van der Waals surface area contributed by atoms with Crippen molar-refractivity contribution in [1.82, 2.24) is 19.9 Å². The number of hydrogen-bond donors (Lipinski definition) is 0. The number of benzene rings is 1. The molecule has 0 fully saturated rings. The highest BCUT2D eigenvalue weighted by Gasteiger charge is 2.04. The van der Waals surface area contributed by atoms with Gasteiger partial charge in [0, 0.05) is 18.0 Å². The summed E-state index contributed by atoms with van der Waals surface area (Å²) in [6, 6.07) is 7.58. The van der Waals surface area contributed by atoms with Gasteiger partial charge < -0.3 is 4.74 Å². The average molecular weight is 238 g/mol. The second kappa shape index (κ2) is 4.37. The van der Waals surface area contributed by atoms with E-state index in [1.165, 1.54) is 0 Å². The van der Waals surface area contributed by atoms with E-state index >= 15 is 0 Å². The number of rotatable bonds is 2. The largest absolute Gasteiger partial charge is 0.497 e. The Morgan fingerprint density at radius 2 is 1.72 bits per heavy atom. The van der Waals surface area contributed by atoms with Crippen LogP contribution in [0.3, 0.4) is 0 Å². The molecule has 88 valence electrons. The molecule has 0 radical (unpaired) electrons. The molecule has 1 aromatic carbocycles. The van der Waals surface area contributed by atoms with E-state index in [1.54, 1.807) is 25.7 Å². The van der Waals surface area contributed by atoms with Crippen molar-refractivity contribution in [2.75, 3.05) is 7.11 Å². The highest BCUT2D eigenvalue weighted by molar-refractivity contribution is 5.71. The molecule has 0 aliphatic heterocycles. The maximum Gasteiger partial charge on any atom is 0.181 e. The summed E-state index contributed by atoms with van der Waals surface area (Å²) >= 11 is 0. The summed E-state index contributed by atoms with van der Waals surface area (Å²) in [5.74, 6) is 1.44. The van der Waals surface area contributed by atoms with Crippen molar-refractivity contribution in [1.29, 1.82) is 0 Å². The summed E-state index contributed by atoms with van der Waals surface area (Å²) in [7, 11) is 1.64. The van der Waals surface area contributed by atoms with Crippen LogP contribution in [0.1, 0.15) is 0 Å². The molecule has 0 spiro atoms. The third-order valence-corrected chi connectivity index (χ3v) is 2.58. The number of hydrogen-bond acceptors (Lipinski definition) is 5. The Morgan fingerprint density at radius 1 is 0.944 bits per heavy atom. The first-order chi connectivity index (χ1) is 8.86. The molecule has 2 heterocycles. The lowest BCUT2D eigenvalue weighted by molar-refractivity contribution is 0.415. The van der Waals surface area contributed by atoms with Gasteiger partial charge in [-0.3, -0.25) is 0 Å². The van der Waals surface area contributed by atoms with Gasteiger partial charge in [-0.15, -0.1) is 0 Å². The van der Waals surface area contributed by atoms with Crippen LogP contribution in [0.5, 0.6) is 5.75 Å². The van der Waals surface area contributed by atoms with E-state index in [2.05, 4.69) is 19.9 Å². The van der Waals surface area contributed by atoms with Gasteiger partial charge in [0.15, 0.2) is 11.5 Å². The SMILES string of the molecule is COc1ccc(-c2ncc3nccnc3n2)cc1. The van der Waals surface area contributed by atoms with E-state index in [0.29, 0.717) is 17.0 Å². The average Bonchev–Trinajstić information content (AvgIpc) is 2.47. The standard InChI is InChI=1S/C13H10N4O/c1-18-10-4-2-9(3-5-10)12-16-8-11-13(17-12)15-7-6-14-11/h2-8H,1H3. The van der Waals surface area contributed by atoms with Crippen molar-refractivity contribution >= 4 is 11.2 Å². The maximum absolute atomic E-state index is 5.11. The van der Waals surface area contributed by atoms with Gasteiger partial charge in [0.05, 0.1) is 13.3 Å². The first kappa shape index (κ1) is 10.6. The zero-order chi connectivity index (χ0) is 12.4. The van der Waals surface area contributed by atoms with Crippen molar-refractivity contribution in [3.05, 3.63) is 42.9 Å². The van der Waals surface area contributed by atoms with E-state index in [1.807, 2.05) is 24.3 Å². The Kier molecular flexibility index (Phi) is 2.57. The Hall–Kier alpha value is -2.56. The summed E-state index contributed by atoms with van der Waals surface area (Å²) in [5.41, 5.74) is 2.21. The molecule has 18 heavy (non-hydrogen) atoms. The molecule has 5 nitrogen and oxygen atoms in total. The van der Waals surface area contributed by atoms with Gasteiger partial charge in [0.25, 0.3) is 0 Å². The highest BCUT2D eigenvalue weighted by Crippen LogP contribution is 2.19. The fraction of sp³-hybridized carbons (Fsp3) is 0.0769. The van der Waals surface area contributed by atoms with Crippen LogP contribution in [0.4, 0.5) is 0 Å². The smallest absolute Gasteiger partial charge is 0.181 e. The van der Waals surface area contributed by atoms with Gasteiger partial charge in [-0.25, -0.2) is 19.9 Å². The van der Waals surface area contributed by atoms with Crippen molar-refractivity contribution in [3.63, 3.8) is 0 Å². The van der Waals surface area contributed by atoms with Crippen molar-refractivity contribution in [2.24, 2.45) is 0 Å². The second-order valence-corrected chi connectivity index (χ2v) is 3.69. The number of methoxy groups -OCH3 is 1. The number of aromatic nitrogens is 4. The lowest BCUT2D eigenvalue weighted by atomic mass is 10.2. The van der Waals surface area contributed by atoms with Gasteiger partial charge in [-0.2, -0.15) is 0 Å². The predicted octanol–water partition coefficient (Wildman–Crippen LogP) is 2.10. The van der Waals surface area contributed by atoms with Gasteiger partial charge in [0.1, 0.15) is 11.3 Å². The third kappa shape index (κ3) is 1.86. The van der Waals surface area contributed by atoms with Crippen molar-refractivity contribution in [2.45, 2.75) is 0 Å². The monoisotopic (exact) mass is 238 g/mol. The quantitative estimate of drug-likeness (QED) is 0.684. The minimum absolute atomic E-state index is 0.596. The number of fused-ring (bicyclic) bond motifs is 1. The van der Waals surface area contributed by atoms with Gasteiger partial charge >= 0.3 is 0 Å². The molecular weight excluding hydrogens is 228 g/mol. The Bertz CT molecular complexity index is 682. The zero-order valence-corrected chi connectivity index (χ0v) is 9.74. The maximum atomic E-state index is 5.11. The fourth-order valence-electron chi connectivity index (χ4n) is 1.65. The molecule has 0 saturated carbocycles. The molecule has 0 N–H and O–H groups in total. The van der Waals surface area contributed by atoms with Gasteiger partial charge in [-0.05, 0) is 24.3 Å². The van der Waals surface area contributed by atoms with Gasteiger partial charge in [-0.1, -0.05) is 0 Å². The van der Waals surface area contributed by atoms with E-state index < -0.39 is 0 Å². The number of nitrogens with zero attached hydrogens (tertiary/aromatic N) is 4. The Balaban J connectivity index is 2.07.